The second-order valence-electron chi connectivity index (χ2n) is 7.98. The Morgan fingerprint density at radius 2 is 1.97 bits per heavy atom. The molecule has 1 fully saturated rings. The molecule has 182 valence electrons. The minimum Gasteiger partial charge on any atom is -0.477 e. The van der Waals surface area contributed by atoms with Gasteiger partial charge in [-0.25, -0.2) is 4.79 Å². The van der Waals surface area contributed by atoms with Crippen molar-refractivity contribution in [3.63, 3.8) is 0 Å². The van der Waals surface area contributed by atoms with E-state index in [1.165, 1.54) is 28.4 Å². The standard InChI is InChI=1S/C25H20N4O5S2/c1-14(19-11-18(28-34-19)15-7-9-26-10-8-15)17-12-36-24-21(23(31)29(24)22(17)25(32)33)27-20(30)13-35-16-5-3-2-4-6-16/h2-11,21,24H,1,12-13H2,(H,27,30)(H,32,33)/t21-,24-/m1/s1. The van der Waals surface area contributed by atoms with Crippen molar-refractivity contribution in [2.75, 3.05) is 11.5 Å². The van der Waals surface area contributed by atoms with E-state index in [0.717, 1.165) is 10.5 Å². The number of amides is 2. The van der Waals surface area contributed by atoms with Crippen molar-refractivity contribution in [3.05, 3.63) is 84.5 Å². The lowest BCUT2D eigenvalue weighted by Gasteiger charge is -2.49. The molecule has 9 nitrogen and oxygen atoms in total. The van der Waals surface area contributed by atoms with Crippen LogP contribution in [0.15, 0.2) is 88.2 Å². The number of carbonyl (C=O) groups excluding carboxylic acids is 2. The molecule has 2 aliphatic heterocycles. The molecule has 2 amide bonds. The summed E-state index contributed by atoms with van der Waals surface area (Å²) in [7, 11) is 0. The maximum atomic E-state index is 12.9. The van der Waals surface area contributed by atoms with E-state index in [4.69, 9.17) is 4.52 Å². The molecule has 2 atom stereocenters. The third-order valence-corrected chi connectivity index (χ3v) is 8.04. The highest BCUT2D eigenvalue weighted by molar-refractivity contribution is 8.00. The summed E-state index contributed by atoms with van der Waals surface area (Å²) in [5, 5.41) is 16.3. The van der Waals surface area contributed by atoms with Gasteiger partial charge < -0.3 is 14.9 Å². The summed E-state index contributed by atoms with van der Waals surface area (Å²) in [6, 6.07) is 13.9. The van der Waals surface area contributed by atoms with Crippen LogP contribution in [0.1, 0.15) is 5.76 Å². The van der Waals surface area contributed by atoms with Crippen LogP contribution in [0.4, 0.5) is 0 Å². The first-order valence-electron chi connectivity index (χ1n) is 10.9. The van der Waals surface area contributed by atoms with Gasteiger partial charge >= 0.3 is 5.97 Å². The van der Waals surface area contributed by atoms with Crippen LogP contribution < -0.4 is 5.32 Å². The van der Waals surface area contributed by atoms with Gasteiger partial charge in [0, 0.05) is 45.8 Å². The van der Waals surface area contributed by atoms with Gasteiger partial charge in [-0.3, -0.25) is 19.5 Å². The summed E-state index contributed by atoms with van der Waals surface area (Å²) >= 11 is 2.73. The highest BCUT2D eigenvalue weighted by Crippen LogP contribution is 2.44. The van der Waals surface area contributed by atoms with Gasteiger partial charge in [0.1, 0.15) is 22.8 Å². The van der Waals surface area contributed by atoms with Crippen molar-refractivity contribution >= 4 is 46.9 Å². The fraction of sp³-hybridized carbons (Fsp3) is 0.160. The molecule has 2 N–H and O–H groups in total. The average molecular weight is 521 g/mol. The monoisotopic (exact) mass is 520 g/mol. The molecule has 0 unspecified atom stereocenters. The summed E-state index contributed by atoms with van der Waals surface area (Å²) < 4.78 is 5.44. The van der Waals surface area contributed by atoms with Gasteiger partial charge in [0.25, 0.3) is 5.91 Å². The molecule has 36 heavy (non-hydrogen) atoms. The summed E-state index contributed by atoms with van der Waals surface area (Å²) in [4.78, 5) is 43.7. The van der Waals surface area contributed by atoms with Gasteiger partial charge in [0.15, 0.2) is 5.76 Å². The highest BCUT2D eigenvalue weighted by Gasteiger charge is 2.54. The lowest BCUT2D eigenvalue weighted by atomic mass is 9.98. The molecule has 5 rings (SSSR count). The van der Waals surface area contributed by atoms with Gasteiger partial charge in [-0.05, 0) is 24.3 Å². The number of thioether (sulfide) groups is 2. The zero-order valence-corrected chi connectivity index (χ0v) is 20.4. The van der Waals surface area contributed by atoms with Gasteiger partial charge in [-0.1, -0.05) is 29.9 Å². The van der Waals surface area contributed by atoms with Crippen LogP contribution in [-0.4, -0.2) is 60.9 Å². The molecule has 4 heterocycles. The molecular weight excluding hydrogens is 500 g/mol. The van der Waals surface area contributed by atoms with Crippen LogP contribution in [0.5, 0.6) is 0 Å². The molecule has 0 radical (unpaired) electrons. The van der Waals surface area contributed by atoms with Crippen molar-refractivity contribution in [2.45, 2.75) is 16.3 Å². The number of rotatable bonds is 8. The van der Waals surface area contributed by atoms with E-state index in [0.29, 0.717) is 22.6 Å². The lowest BCUT2D eigenvalue weighted by Crippen LogP contribution is -2.70. The van der Waals surface area contributed by atoms with Crippen LogP contribution in [0.2, 0.25) is 0 Å². The topological polar surface area (TPSA) is 126 Å². The Hall–Kier alpha value is -3.83. The molecular formula is C25H20N4O5S2. The number of pyridine rings is 1. The maximum absolute atomic E-state index is 12.9. The number of allylic oxidation sites excluding steroid dienone is 1. The van der Waals surface area contributed by atoms with Crippen LogP contribution in [-0.2, 0) is 14.4 Å². The van der Waals surface area contributed by atoms with Crippen LogP contribution >= 0.6 is 23.5 Å². The first kappa shape index (κ1) is 23.9. The SMILES string of the molecule is C=C(C1=C(C(=O)O)N2C(=O)[C@@H](NC(=O)CSc3ccccc3)[C@H]2SC1)c1cc(-c2ccncc2)no1. The molecule has 1 aromatic carbocycles. The number of aromatic nitrogens is 2. The van der Waals surface area contributed by atoms with Crippen molar-refractivity contribution in [1.29, 1.82) is 0 Å². The molecule has 0 saturated carbocycles. The quantitative estimate of drug-likeness (QED) is 0.340. The minimum atomic E-state index is -1.25. The lowest BCUT2D eigenvalue weighted by molar-refractivity contribution is -0.150. The van der Waals surface area contributed by atoms with E-state index in [2.05, 4.69) is 22.0 Å². The zero-order chi connectivity index (χ0) is 25.2. The molecule has 1 saturated heterocycles. The molecule has 2 aromatic heterocycles. The number of nitrogens with zero attached hydrogens (tertiary/aromatic N) is 3. The maximum Gasteiger partial charge on any atom is 0.352 e. The first-order valence-corrected chi connectivity index (χ1v) is 12.9. The van der Waals surface area contributed by atoms with E-state index < -0.39 is 23.3 Å². The Balaban J connectivity index is 1.30. The summed E-state index contributed by atoms with van der Waals surface area (Å²) in [5.41, 5.74) is 1.91. The first-order chi connectivity index (χ1) is 17.4. The van der Waals surface area contributed by atoms with E-state index >= 15 is 0 Å². The van der Waals surface area contributed by atoms with Gasteiger partial charge in [0.2, 0.25) is 5.91 Å². The Labute approximate surface area is 214 Å². The van der Waals surface area contributed by atoms with Crippen molar-refractivity contribution < 1.29 is 24.0 Å². The Morgan fingerprint density at radius 3 is 2.69 bits per heavy atom. The van der Waals surface area contributed by atoms with Crippen molar-refractivity contribution in [3.8, 4) is 11.3 Å². The number of hydrogen-bond acceptors (Lipinski definition) is 8. The third kappa shape index (κ3) is 4.54. The van der Waals surface area contributed by atoms with E-state index in [-0.39, 0.29) is 23.1 Å². The number of fused-ring (bicyclic) bond motifs is 1. The number of hydrogen-bond donors (Lipinski definition) is 2. The summed E-state index contributed by atoms with van der Waals surface area (Å²) in [6.45, 7) is 4.03. The summed E-state index contributed by atoms with van der Waals surface area (Å²) in [6.07, 6.45) is 3.26. The van der Waals surface area contributed by atoms with Gasteiger partial charge in [-0.2, -0.15) is 0 Å². The predicted molar refractivity (Wildman–Crippen MR) is 136 cm³/mol. The molecule has 0 aliphatic carbocycles. The Kier molecular flexibility index (Phi) is 6.66. The molecule has 3 aromatic rings. The Morgan fingerprint density at radius 1 is 1.22 bits per heavy atom. The van der Waals surface area contributed by atoms with E-state index in [1.54, 1.807) is 30.6 Å². The number of carboxylic acid groups (broad SMARTS) is 1. The molecule has 2 aliphatic rings. The number of carboxylic acids is 1. The van der Waals surface area contributed by atoms with Crippen molar-refractivity contribution in [2.24, 2.45) is 0 Å². The summed E-state index contributed by atoms with van der Waals surface area (Å²) in [5.74, 6) is -1.26. The van der Waals surface area contributed by atoms with E-state index in [9.17, 15) is 19.5 Å². The zero-order valence-electron chi connectivity index (χ0n) is 18.8. The van der Waals surface area contributed by atoms with Crippen LogP contribution in [0.3, 0.4) is 0 Å². The smallest absolute Gasteiger partial charge is 0.352 e. The van der Waals surface area contributed by atoms with E-state index in [1.807, 2.05) is 30.3 Å². The number of nitrogens with one attached hydrogen (secondary N) is 1. The van der Waals surface area contributed by atoms with Crippen LogP contribution in [0, 0.1) is 0 Å². The second kappa shape index (κ2) is 10.0. The second-order valence-corrected chi connectivity index (χ2v) is 10.1. The van der Waals surface area contributed by atoms with Crippen LogP contribution in [0.25, 0.3) is 16.8 Å². The van der Waals surface area contributed by atoms with Crippen molar-refractivity contribution in [1.82, 2.24) is 20.4 Å². The number of benzene rings is 1. The number of β-lactam (4-membered cyclic amide) rings is 1. The molecule has 0 spiro atoms. The Bertz CT molecular complexity index is 1370. The number of aliphatic carboxylic acids is 1. The predicted octanol–water partition coefficient (Wildman–Crippen LogP) is 3.28. The molecule has 0 bridgehead atoms. The third-order valence-electron chi connectivity index (χ3n) is 5.75. The largest absolute Gasteiger partial charge is 0.477 e. The number of carbonyl (C=O) groups is 3. The van der Waals surface area contributed by atoms with Gasteiger partial charge in [0.05, 0.1) is 5.75 Å². The highest BCUT2D eigenvalue weighted by atomic mass is 32.2. The normalized spacial score (nSPS) is 18.9. The fourth-order valence-electron chi connectivity index (χ4n) is 3.96. The van der Waals surface area contributed by atoms with Gasteiger partial charge in [-0.15, -0.1) is 23.5 Å². The molecule has 11 heteroatoms. The minimum absolute atomic E-state index is 0.153. The fourth-order valence-corrected chi connectivity index (χ4v) is 6.07. The average Bonchev–Trinajstić information content (AvgIpc) is 3.40.